The van der Waals surface area contributed by atoms with Gasteiger partial charge in [0.1, 0.15) is 12.3 Å². The first-order chi connectivity index (χ1) is 11.7. The normalized spacial score (nSPS) is 16.2. The molecule has 2 aromatic rings. The molecule has 0 aromatic heterocycles. The molecule has 0 fully saturated rings. The van der Waals surface area contributed by atoms with Crippen LogP contribution in [0.3, 0.4) is 0 Å². The highest BCUT2D eigenvalue weighted by Gasteiger charge is 2.22. The number of carbonyl (C=O) groups is 1. The molecular weight excluding hydrogens is 306 g/mol. The maximum Gasteiger partial charge on any atom is 0.161 e. The standard InChI is InChI=1S/C18H19N3O3/c1-23-16-8-12-7-14(10-22)20-21-18(15(12)9-17(16)24-2)11-3-5-13(19)6-4-11/h3-6,8-10,14,20H,7,19H2,1-2H3. The summed E-state index contributed by atoms with van der Waals surface area (Å²) in [5, 5.41) is 4.45. The summed E-state index contributed by atoms with van der Waals surface area (Å²) >= 11 is 0. The SMILES string of the molecule is COc1cc2c(cc1OC)C(c1ccc(N)cc1)=NNC(C=O)C2. The van der Waals surface area contributed by atoms with E-state index in [2.05, 4.69) is 10.5 Å². The fraction of sp³-hybridized carbons (Fsp3) is 0.222. The molecule has 0 saturated heterocycles. The van der Waals surface area contributed by atoms with Crippen LogP contribution in [0.15, 0.2) is 41.5 Å². The van der Waals surface area contributed by atoms with Crippen molar-refractivity contribution in [3.63, 3.8) is 0 Å². The second kappa shape index (κ2) is 6.62. The molecule has 0 radical (unpaired) electrons. The summed E-state index contributed by atoms with van der Waals surface area (Å²) < 4.78 is 10.8. The van der Waals surface area contributed by atoms with Gasteiger partial charge in [-0.15, -0.1) is 0 Å². The number of hydrogen-bond donors (Lipinski definition) is 2. The third-order valence-corrected chi connectivity index (χ3v) is 3.99. The van der Waals surface area contributed by atoms with Gasteiger partial charge in [0.15, 0.2) is 11.5 Å². The Morgan fingerprint density at radius 1 is 1.17 bits per heavy atom. The molecule has 6 nitrogen and oxygen atoms in total. The van der Waals surface area contributed by atoms with E-state index in [4.69, 9.17) is 15.2 Å². The smallest absolute Gasteiger partial charge is 0.161 e. The predicted molar refractivity (Wildman–Crippen MR) is 92.7 cm³/mol. The summed E-state index contributed by atoms with van der Waals surface area (Å²) in [5.41, 5.74) is 12.9. The summed E-state index contributed by atoms with van der Waals surface area (Å²) in [7, 11) is 3.18. The fourth-order valence-corrected chi connectivity index (χ4v) is 2.74. The zero-order valence-corrected chi connectivity index (χ0v) is 13.6. The Labute approximate surface area is 140 Å². The van der Waals surface area contributed by atoms with Gasteiger partial charge in [0.25, 0.3) is 0 Å². The molecule has 1 atom stereocenters. The van der Waals surface area contributed by atoms with Crippen molar-refractivity contribution in [2.45, 2.75) is 12.5 Å². The van der Waals surface area contributed by atoms with E-state index in [0.29, 0.717) is 23.6 Å². The first-order valence-electron chi connectivity index (χ1n) is 7.56. The van der Waals surface area contributed by atoms with Gasteiger partial charge in [0.05, 0.1) is 19.9 Å². The molecule has 1 unspecified atom stereocenters. The van der Waals surface area contributed by atoms with E-state index in [0.717, 1.165) is 28.7 Å². The zero-order valence-electron chi connectivity index (χ0n) is 13.6. The van der Waals surface area contributed by atoms with Crippen LogP contribution in [0, 0.1) is 0 Å². The molecule has 3 rings (SSSR count). The second-order valence-corrected chi connectivity index (χ2v) is 5.52. The van der Waals surface area contributed by atoms with Crippen molar-refractivity contribution < 1.29 is 14.3 Å². The van der Waals surface area contributed by atoms with Crippen LogP contribution in [0.25, 0.3) is 0 Å². The first kappa shape index (κ1) is 15.9. The number of fused-ring (bicyclic) bond motifs is 1. The Kier molecular flexibility index (Phi) is 4.37. The predicted octanol–water partition coefficient (Wildman–Crippen LogP) is 1.75. The molecule has 1 aliphatic heterocycles. The Balaban J connectivity index is 2.18. The van der Waals surface area contributed by atoms with E-state index in [1.165, 1.54) is 0 Å². The second-order valence-electron chi connectivity index (χ2n) is 5.52. The van der Waals surface area contributed by atoms with Crippen LogP contribution in [-0.4, -0.2) is 32.3 Å². The minimum Gasteiger partial charge on any atom is -0.493 e. The molecule has 2 aromatic carbocycles. The van der Waals surface area contributed by atoms with Gasteiger partial charge in [0.2, 0.25) is 0 Å². The topological polar surface area (TPSA) is 85.9 Å². The Bertz CT molecular complexity index is 785. The Morgan fingerprint density at radius 2 is 1.83 bits per heavy atom. The highest BCUT2D eigenvalue weighted by molar-refractivity contribution is 6.14. The monoisotopic (exact) mass is 325 g/mol. The summed E-state index contributed by atoms with van der Waals surface area (Å²) in [5.74, 6) is 1.24. The Hall–Kier alpha value is -3.02. The summed E-state index contributed by atoms with van der Waals surface area (Å²) in [6, 6.07) is 10.8. The van der Waals surface area contributed by atoms with Gasteiger partial charge in [-0.1, -0.05) is 12.1 Å². The van der Waals surface area contributed by atoms with E-state index in [1.54, 1.807) is 14.2 Å². The zero-order chi connectivity index (χ0) is 17.1. The van der Waals surface area contributed by atoms with Crippen LogP contribution in [0.2, 0.25) is 0 Å². The molecular formula is C18H19N3O3. The van der Waals surface area contributed by atoms with Gasteiger partial charge >= 0.3 is 0 Å². The summed E-state index contributed by atoms with van der Waals surface area (Å²) in [4.78, 5) is 11.3. The van der Waals surface area contributed by atoms with E-state index >= 15 is 0 Å². The number of benzene rings is 2. The lowest BCUT2D eigenvalue weighted by atomic mass is 9.94. The lowest BCUT2D eigenvalue weighted by Gasteiger charge is -2.15. The van der Waals surface area contributed by atoms with E-state index < -0.39 is 6.04 Å². The van der Waals surface area contributed by atoms with Crippen molar-refractivity contribution in [2.75, 3.05) is 20.0 Å². The molecule has 0 aliphatic carbocycles. The van der Waals surface area contributed by atoms with Gasteiger partial charge in [-0.2, -0.15) is 5.10 Å². The van der Waals surface area contributed by atoms with Crippen LogP contribution in [0.1, 0.15) is 16.7 Å². The number of nitrogens with one attached hydrogen (secondary N) is 1. The molecule has 0 bridgehead atoms. The third-order valence-electron chi connectivity index (χ3n) is 3.99. The van der Waals surface area contributed by atoms with Crippen molar-refractivity contribution in [1.29, 1.82) is 0 Å². The van der Waals surface area contributed by atoms with Crippen molar-refractivity contribution in [1.82, 2.24) is 5.43 Å². The molecule has 1 aliphatic rings. The van der Waals surface area contributed by atoms with E-state index in [-0.39, 0.29) is 0 Å². The Morgan fingerprint density at radius 3 is 2.46 bits per heavy atom. The minimum absolute atomic E-state index is 0.395. The fourth-order valence-electron chi connectivity index (χ4n) is 2.74. The number of aldehydes is 1. The minimum atomic E-state index is -0.395. The van der Waals surface area contributed by atoms with Crippen LogP contribution in [-0.2, 0) is 11.2 Å². The van der Waals surface area contributed by atoms with Gasteiger partial charge in [-0.25, -0.2) is 0 Å². The largest absolute Gasteiger partial charge is 0.493 e. The number of hydrogen-bond acceptors (Lipinski definition) is 6. The lowest BCUT2D eigenvalue weighted by Crippen LogP contribution is -2.27. The molecule has 0 spiro atoms. The molecule has 24 heavy (non-hydrogen) atoms. The summed E-state index contributed by atoms with van der Waals surface area (Å²) in [6.07, 6.45) is 1.37. The third kappa shape index (κ3) is 2.90. The van der Waals surface area contributed by atoms with E-state index in [9.17, 15) is 4.79 Å². The molecule has 1 heterocycles. The lowest BCUT2D eigenvalue weighted by molar-refractivity contribution is -0.109. The van der Waals surface area contributed by atoms with Gasteiger partial charge < -0.3 is 20.0 Å². The molecule has 0 saturated carbocycles. The van der Waals surface area contributed by atoms with E-state index in [1.807, 2.05) is 36.4 Å². The number of nitrogens with two attached hydrogens (primary N) is 1. The highest BCUT2D eigenvalue weighted by atomic mass is 16.5. The number of rotatable bonds is 4. The van der Waals surface area contributed by atoms with Crippen LogP contribution in [0.4, 0.5) is 5.69 Å². The molecule has 0 amide bonds. The number of nitrogens with zero attached hydrogens (tertiary/aromatic N) is 1. The van der Waals surface area contributed by atoms with Crippen LogP contribution in [0.5, 0.6) is 11.5 Å². The number of carbonyl (C=O) groups excluding carboxylic acids is 1. The number of methoxy groups -OCH3 is 2. The van der Waals surface area contributed by atoms with Crippen molar-refractivity contribution >= 4 is 17.7 Å². The molecule has 3 N–H and O–H groups in total. The quantitative estimate of drug-likeness (QED) is 0.661. The van der Waals surface area contributed by atoms with Gasteiger partial charge in [0, 0.05) is 23.2 Å². The maximum absolute atomic E-state index is 11.3. The van der Waals surface area contributed by atoms with Crippen LogP contribution < -0.4 is 20.6 Å². The summed E-state index contributed by atoms with van der Waals surface area (Å²) in [6.45, 7) is 0. The average molecular weight is 325 g/mol. The van der Waals surface area contributed by atoms with Crippen molar-refractivity contribution in [2.24, 2.45) is 5.10 Å². The average Bonchev–Trinajstić information content (AvgIpc) is 2.79. The number of nitrogen functional groups attached to an aromatic ring is 1. The van der Waals surface area contributed by atoms with Crippen LogP contribution >= 0.6 is 0 Å². The number of hydrazone groups is 1. The molecule has 6 heteroatoms. The van der Waals surface area contributed by atoms with Crippen molar-refractivity contribution in [3.05, 3.63) is 53.1 Å². The number of anilines is 1. The maximum atomic E-state index is 11.3. The van der Waals surface area contributed by atoms with Gasteiger partial charge in [-0.3, -0.25) is 5.43 Å². The highest BCUT2D eigenvalue weighted by Crippen LogP contribution is 2.33. The van der Waals surface area contributed by atoms with Crippen molar-refractivity contribution in [3.8, 4) is 11.5 Å². The van der Waals surface area contributed by atoms with Gasteiger partial charge in [-0.05, 0) is 29.8 Å². The first-order valence-corrected chi connectivity index (χ1v) is 7.56. The molecule has 124 valence electrons. The number of ether oxygens (including phenoxy) is 2.